The van der Waals surface area contributed by atoms with Gasteiger partial charge in [0.15, 0.2) is 5.80 Å². The van der Waals surface area contributed by atoms with Crippen molar-refractivity contribution in [2.24, 2.45) is 0 Å². The summed E-state index contributed by atoms with van der Waals surface area (Å²) in [5.41, 5.74) is 0. The molecule has 1 nitrogen and oxygen atoms in total. The Labute approximate surface area is 139 Å². The molecule has 1 aromatic heterocycles. The monoisotopic (exact) mass is 325 g/mol. The second-order valence-electron chi connectivity index (χ2n) is 6.07. The first kappa shape index (κ1) is 13.7. The lowest BCUT2D eigenvalue weighted by Gasteiger charge is -2.05. The molecule has 4 aromatic carbocycles. The normalized spacial score (nSPS) is 12.2. The van der Waals surface area contributed by atoms with Gasteiger partial charge >= 0.3 is 7.41 Å². The van der Waals surface area contributed by atoms with Crippen LogP contribution in [0.4, 0.5) is 0 Å². The van der Waals surface area contributed by atoms with Gasteiger partial charge < -0.3 is 0 Å². The van der Waals surface area contributed by atoms with Crippen LogP contribution in [0.2, 0.25) is 0 Å². The Morgan fingerprint density at radius 3 is 1.88 bits per heavy atom. The molecule has 5 aromatic rings. The minimum Gasteiger partial charge on any atom is -0.0619 e. The molecule has 112 valence electrons. The lowest BCUT2D eigenvalue weighted by molar-refractivity contribution is 0.601. The van der Waals surface area contributed by atoms with Crippen molar-refractivity contribution >= 4 is 50.2 Å². The largest absolute Gasteiger partial charge is 0.408 e. The van der Waals surface area contributed by atoms with Gasteiger partial charge in [0.2, 0.25) is 5.12 Å². The molecule has 0 fully saturated rings. The van der Waals surface area contributed by atoms with E-state index in [1.165, 1.54) is 26.9 Å². The molecule has 0 aliphatic heterocycles. The van der Waals surface area contributed by atoms with Gasteiger partial charge in [0.25, 0.3) is 0 Å². The van der Waals surface area contributed by atoms with E-state index in [9.17, 15) is 4.57 Å². The van der Waals surface area contributed by atoms with Gasteiger partial charge in [0, 0.05) is 10.8 Å². The molecule has 0 spiro atoms. The zero-order valence-electron chi connectivity index (χ0n) is 12.9. The molecule has 1 unspecified atom stereocenters. The average Bonchev–Trinajstić information content (AvgIpc) is 2.79. The summed E-state index contributed by atoms with van der Waals surface area (Å²) in [4.78, 5) is 0. The second kappa shape index (κ2) is 5.12. The quantitative estimate of drug-likeness (QED) is 0.298. The van der Waals surface area contributed by atoms with Gasteiger partial charge in [0.05, 0.1) is 0 Å². The smallest absolute Gasteiger partial charge is 0.0619 e. The highest BCUT2D eigenvalue weighted by atomic mass is 31.1. The van der Waals surface area contributed by atoms with Crippen molar-refractivity contribution < 1.29 is 4.57 Å². The SMILES string of the molecule is O=[p+]1ccc2ccc3ccccc3c2c2c3ccccc3ccc21. The minimum atomic E-state index is -1.54. The van der Waals surface area contributed by atoms with Crippen molar-refractivity contribution in [1.29, 1.82) is 0 Å². The van der Waals surface area contributed by atoms with E-state index in [0.717, 1.165) is 15.9 Å². The van der Waals surface area contributed by atoms with E-state index in [1.54, 1.807) is 0 Å². The predicted molar refractivity (Wildman–Crippen MR) is 104 cm³/mol. The maximum absolute atomic E-state index is 12.8. The fourth-order valence-corrected chi connectivity index (χ4v) is 4.77. The van der Waals surface area contributed by atoms with Crippen LogP contribution in [-0.4, -0.2) is 0 Å². The third kappa shape index (κ3) is 1.89. The molecular formula is C22H14OP+. The Bertz CT molecular complexity index is 1320. The Kier molecular flexibility index (Phi) is 2.92. The molecule has 0 N–H and O–H groups in total. The zero-order valence-corrected chi connectivity index (χ0v) is 13.8. The van der Waals surface area contributed by atoms with Crippen LogP contribution in [0.15, 0.2) is 84.7 Å². The maximum Gasteiger partial charge on any atom is 0.408 e. The molecule has 2 heteroatoms. The Balaban J connectivity index is 2.27. The van der Waals surface area contributed by atoms with Crippen LogP contribution in [0.25, 0.3) is 42.8 Å². The zero-order chi connectivity index (χ0) is 16.1. The Morgan fingerprint density at radius 1 is 0.542 bits per heavy atom. The number of benzene rings is 4. The Hall–Kier alpha value is -2.76. The first-order valence-electron chi connectivity index (χ1n) is 8.01. The lowest BCUT2D eigenvalue weighted by Crippen LogP contribution is -1.79. The minimum absolute atomic E-state index is 0.926. The summed E-state index contributed by atoms with van der Waals surface area (Å²) in [5, 5.41) is 9.13. The lowest BCUT2D eigenvalue weighted by atomic mass is 9.97. The molecule has 24 heavy (non-hydrogen) atoms. The van der Waals surface area contributed by atoms with Crippen LogP contribution in [0.3, 0.4) is 0 Å². The molecule has 0 radical (unpaired) electrons. The second-order valence-corrected chi connectivity index (χ2v) is 7.50. The van der Waals surface area contributed by atoms with Gasteiger partial charge in [0.1, 0.15) is 0 Å². The summed E-state index contributed by atoms with van der Waals surface area (Å²) < 4.78 is 12.8. The highest BCUT2D eigenvalue weighted by Crippen LogP contribution is 2.39. The molecule has 1 heterocycles. The van der Waals surface area contributed by atoms with E-state index in [2.05, 4.69) is 60.7 Å². The summed E-state index contributed by atoms with van der Waals surface area (Å²) >= 11 is 0. The summed E-state index contributed by atoms with van der Waals surface area (Å²) in [5.74, 6) is 1.84. The van der Waals surface area contributed by atoms with Crippen molar-refractivity contribution in [3.63, 3.8) is 0 Å². The van der Waals surface area contributed by atoms with Crippen LogP contribution in [0.1, 0.15) is 0 Å². The first-order chi connectivity index (χ1) is 11.8. The standard InChI is InChI=1S/C22H14OP/c23-24-14-13-17-10-9-15-5-1-3-7-18(15)21(17)22-19-8-4-2-6-16(19)11-12-20(22)24/h1-14H/q+1. The van der Waals surface area contributed by atoms with E-state index in [4.69, 9.17) is 0 Å². The van der Waals surface area contributed by atoms with E-state index in [-0.39, 0.29) is 0 Å². The van der Waals surface area contributed by atoms with E-state index in [1.807, 2.05) is 24.0 Å². The van der Waals surface area contributed by atoms with E-state index in [0.29, 0.717) is 0 Å². The fraction of sp³-hybridized carbons (Fsp3) is 0. The van der Waals surface area contributed by atoms with Crippen LogP contribution < -0.4 is 0 Å². The van der Waals surface area contributed by atoms with Crippen LogP contribution >= 0.6 is 7.41 Å². The van der Waals surface area contributed by atoms with Crippen molar-refractivity contribution in [3.8, 4) is 0 Å². The Morgan fingerprint density at radius 2 is 1.12 bits per heavy atom. The van der Waals surface area contributed by atoms with Crippen molar-refractivity contribution in [3.05, 3.63) is 84.7 Å². The molecule has 0 amide bonds. The third-order valence-electron chi connectivity index (χ3n) is 4.75. The predicted octanol–water partition coefficient (Wildman–Crippen LogP) is 7.04. The highest BCUT2D eigenvalue weighted by molar-refractivity contribution is 7.42. The number of rotatable bonds is 0. The summed E-state index contributed by atoms with van der Waals surface area (Å²) in [7, 11) is -1.54. The van der Waals surface area contributed by atoms with Crippen molar-refractivity contribution in [2.45, 2.75) is 0 Å². The van der Waals surface area contributed by atoms with Crippen LogP contribution in [0, 0.1) is 0 Å². The number of hydrogen-bond donors (Lipinski definition) is 0. The fourth-order valence-electron chi connectivity index (χ4n) is 3.64. The first-order valence-corrected chi connectivity index (χ1v) is 9.34. The summed E-state index contributed by atoms with van der Waals surface area (Å²) in [6.45, 7) is 0. The molecule has 0 saturated carbocycles. The van der Waals surface area contributed by atoms with Gasteiger partial charge in [-0.25, -0.2) is 0 Å². The van der Waals surface area contributed by atoms with Gasteiger partial charge in [-0.1, -0.05) is 65.2 Å². The van der Waals surface area contributed by atoms with Gasteiger partial charge in [-0.05, 0) is 45.1 Å². The van der Waals surface area contributed by atoms with Crippen LogP contribution in [0.5, 0.6) is 0 Å². The summed E-state index contributed by atoms with van der Waals surface area (Å²) in [6, 6.07) is 27.2. The molecule has 0 saturated heterocycles. The molecule has 0 aliphatic rings. The highest BCUT2D eigenvalue weighted by Gasteiger charge is 2.14. The number of hydrogen-bond acceptors (Lipinski definition) is 1. The van der Waals surface area contributed by atoms with Crippen molar-refractivity contribution in [2.75, 3.05) is 0 Å². The van der Waals surface area contributed by atoms with E-state index < -0.39 is 7.41 Å². The van der Waals surface area contributed by atoms with Crippen molar-refractivity contribution in [1.82, 2.24) is 0 Å². The van der Waals surface area contributed by atoms with Gasteiger partial charge in [-0.3, -0.25) is 0 Å². The van der Waals surface area contributed by atoms with Gasteiger partial charge in [-0.15, -0.1) is 0 Å². The molecular weight excluding hydrogens is 311 g/mol. The van der Waals surface area contributed by atoms with E-state index >= 15 is 0 Å². The molecule has 5 rings (SSSR count). The maximum atomic E-state index is 12.8. The number of fused-ring (bicyclic) bond motifs is 7. The molecule has 0 bridgehead atoms. The average molecular weight is 325 g/mol. The third-order valence-corrected chi connectivity index (χ3v) is 6.01. The topological polar surface area (TPSA) is 17.1 Å². The molecule has 1 atom stereocenters. The van der Waals surface area contributed by atoms with Crippen LogP contribution in [-0.2, 0) is 4.57 Å². The molecule has 0 aliphatic carbocycles. The van der Waals surface area contributed by atoms with Gasteiger partial charge in [-0.2, -0.15) is 0 Å². The summed E-state index contributed by atoms with van der Waals surface area (Å²) in [6.07, 6.45) is 0.